The van der Waals surface area contributed by atoms with Crippen molar-refractivity contribution in [2.24, 2.45) is 11.8 Å². The van der Waals surface area contributed by atoms with E-state index in [1.54, 1.807) is 0 Å². The van der Waals surface area contributed by atoms with Gasteiger partial charge in [-0.1, -0.05) is 36.8 Å². The molecule has 4 fully saturated rings. The molecule has 1 aromatic carbocycles. The van der Waals surface area contributed by atoms with Gasteiger partial charge in [-0.05, 0) is 56.2 Å². The van der Waals surface area contributed by atoms with Crippen LogP contribution in [0.15, 0.2) is 30.3 Å². The molecule has 2 atom stereocenters. The third-order valence-electron chi connectivity index (χ3n) is 6.17. The highest BCUT2D eigenvalue weighted by Gasteiger charge is 2.43. The summed E-state index contributed by atoms with van der Waals surface area (Å²) < 4.78 is 6.30. The van der Waals surface area contributed by atoms with Crippen LogP contribution in [0.2, 0.25) is 0 Å². The van der Waals surface area contributed by atoms with Crippen molar-refractivity contribution >= 4 is 0 Å². The lowest BCUT2D eigenvalue weighted by Crippen LogP contribution is -2.53. The summed E-state index contributed by atoms with van der Waals surface area (Å²) in [5.74, 6) is 1.06. The van der Waals surface area contributed by atoms with Gasteiger partial charge in [0.25, 0.3) is 0 Å². The number of nitrogens with zero attached hydrogens (tertiary/aromatic N) is 1. The predicted molar refractivity (Wildman–Crippen MR) is 86.6 cm³/mol. The molecule has 3 nitrogen and oxygen atoms in total. The quantitative estimate of drug-likeness (QED) is 0.908. The normalized spacial score (nSPS) is 34.1. The zero-order valence-corrected chi connectivity index (χ0v) is 13.3. The molecule has 1 saturated carbocycles. The van der Waals surface area contributed by atoms with Crippen LogP contribution in [0.4, 0.5) is 0 Å². The van der Waals surface area contributed by atoms with Crippen molar-refractivity contribution < 1.29 is 9.84 Å². The van der Waals surface area contributed by atoms with Crippen LogP contribution in [-0.2, 0) is 10.3 Å². The first kappa shape index (κ1) is 14.7. The van der Waals surface area contributed by atoms with E-state index in [9.17, 15) is 5.11 Å². The Balaban J connectivity index is 1.47. The first-order chi connectivity index (χ1) is 10.8. The van der Waals surface area contributed by atoms with E-state index >= 15 is 0 Å². The molecule has 3 heterocycles. The fourth-order valence-electron chi connectivity index (χ4n) is 4.38. The second-order valence-electron chi connectivity index (χ2n) is 7.41. The standard InChI is InChI=1S/C19H27NO2/c21-19(17-7-4-8-17,16-5-2-1-3-6-16)14-22-18-13-20-11-9-15(18)10-12-20/h1-3,5-6,15,17-18,21H,4,7-14H2/t18?,19-/m1/s1. The highest BCUT2D eigenvalue weighted by Crippen LogP contribution is 2.43. The van der Waals surface area contributed by atoms with Gasteiger partial charge in [0, 0.05) is 6.54 Å². The van der Waals surface area contributed by atoms with E-state index in [-0.39, 0.29) is 0 Å². The van der Waals surface area contributed by atoms with Gasteiger partial charge in [0.15, 0.2) is 0 Å². The molecule has 4 aliphatic rings. The number of hydrogen-bond acceptors (Lipinski definition) is 3. The summed E-state index contributed by atoms with van der Waals surface area (Å²) in [5.41, 5.74) is 0.229. The monoisotopic (exact) mass is 301 g/mol. The van der Waals surface area contributed by atoms with Gasteiger partial charge < -0.3 is 14.7 Å². The van der Waals surface area contributed by atoms with Gasteiger partial charge in [-0.25, -0.2) is 0 Å². The lowest BCUT2D eigenvalue weighted by molar-refractivity contribution is -0.155. The maximum atomic E-state index is 11.4. The van der Waals surface area contributed by atoms with Crippen molar-refractivity contribution in [2.75, 3.05) is 26.2 Å². The molecular formula is C19H27NO2. The number of hydrogen-bond donors (Lipinski definition) is 1. The second-order valence-corrected chi connectivity index (χ2v) is 7.41. The zero-order valence-electron chi connectivity index (χ0n) is 13.3. The Morgan fingerprint density at radius 1 is 1.09 bits per heavy atom. The lowest BCUT2D eigenvalue weighted by Gasteiger charge is -2.47. The number of ether oxygens (including phenoxy) is 1. The predicted octanol–water partition coefficient (Wildman–Crippen LogP) is 2.79. The average molecular weight is 301 g/mol. The van der Waals surface area contributed by atoms with Gasteiger partial charge in [0.2, 0.25) is 0 Å². The molecule has 1 aliphatic carbocycles. The SMILES string of the molecule is O[C@](COC1CN2CCC1CC2)(c1ccccc1)C1CCC1. The van der Waals surface area contributed by atoms with Crippen LogP contribution in [0.25, 0.3) is 0 Å². The Morgan fingerprint density at radius 3 is 2.36 bits per heavy atom. The number of aliphatic hydroxyl groups is 1. The molecule has 3 heteroatoms. The van der Waals surface area contributed by atoms with Crippen LogP contribution >= 0.6 is 0 Å². The molecule has 0 spiro atoms. The van der Waals surface area contributed by atoms with Crippen molar-refractivity contribution in [2.45, 2.75) is 43.8 Å². The first-order valence-electron chi connectivity index (χ1n) is 8.87. The summed E-state index contributed by atoms with van der Waals surface area (Å²) in [5, 5.41) is 11.4. The van der Waals surface area contributed by atoms with Gasteiger partial charge in [-0.3, -0.25) is 0 Å². The molecule has 2 bridgehead atoms. The van der Waals surface area contributed by atoms with E-state index in [2.05, 4.69) is 17.0 Å². The third kappa shape index (κ3) is 2.60. The van der Waals surface area contributed by atoms with Crippen LogP contribution in [-0.4, -0.2) is 42.4 Å². The molecule has 0 amide bonds. The van der Waals surface area contributed by atoms with Crippen molar-refractivity contribution in [1.29, 1.82) is 0 Å². The van der Waals surface area contributed by atoms with E-state index < -0.39 is 5.60 Å². The molecule has 0 aromatic heterocycles. The van der Waals surface area contributed by atoms with Crippen LogP contribution < -0.4 is 0 Å². The first-order valence-corrected chi connectivity index (χ1v) is 8.87. The van der Waals surface area contributed by atoms with Crippen molar-refractivity contribution in [3.05, 3.63) is 35.9 Å². The molecular weight excluding hydrogens is 274 g/mol. The average Bonchev–Trinajstić information content (AvgIpc) is 2.53. The number of benzene rings is 1. The summed E-state index contributed by atoms with van der Waals surface area (Å²) in [7, 11) is 0. The molecule has 3 saturated heterocycles. The van der Waals surface area contributed by atoms with Crippen LogP contribution in [0, 0.1) is 11.8 Å². The summed E-state index contributed by atoms with van der Waals surface area (Å²) in [6.07, 6.45) is 6.32. The minimum atomic E-state index is -0.800. The third-order valence-corrected chi connectivity index (χ3v) is 6.17. The molecule has 3 aliphatic heterocycles. The Morgan fingerprint density at radius 2 is 1.82 bits per heavy atom. The van der Waals surface area contributed by atoms with Crippen LogP contribution in [0.1, 0.15) is 37.7 Å². The Bertz CT molecular complexity index is 493. The van der Waals surface area contributed by atoms with E-state index in [1.807, 2.05) is 18.2 Å². The van der Waals surface area contributed by atoms with Gasteiger partial charge in [0.1, 0.15) is 5.60 Å². The van der Waals surface area contributed by atoms with Crippen molar-refractivity contribution in [1.82, 2.24) is 4.90 Å². The Hall–Kier alpha value is -0.900. The van der Waals surface area contributed by atoms with E-state index in [0.717, 1.165) is 24.9 Å². The van der Waals surface area contributed by atoms with Crippen molar-refractivity contribution in [3.8, 4) is 0 Å². The topological polar surface area (TPSA) is 32.7 Å². The van der Waals surface area contributed by atoms with Gasteiger partial charge in [-0.15, -0.1) is 0 Å². The van der Waals surface area contributed by atoms with E-state index in [4.69, 9.17) is 4.74 Å². The fourth-order valence-corrected chi connectivity index (χ4v) is 4.38. The van der Waals surface area contributed by atoms with Crippen molar-refractivity contribution in [3.63, 3.8) is 0 Å². The highest BCUT2D eigenvalue weighted by molar-refractivity contribution is 5.24. The Kier molecular flexibility index (Phi) is 3.97. The molecule has 5 rings (SSSR count). The molecule has 22 heavy (non-hydrogen) atoms. The van der Waals surface area contributed by atoms with Gasteiger partial charge in [-0.2, -0.15) is 0 Å². The summed E-state index contributed by atoms with van der Waals surface area (Å²) in [4.78, 5) is 2.51. The van der Waals surface area contributed by atoms with Gasteiger partial charge in [0.05, 0.1) is 12.7 Å². The fraction of sp³-hybridized carbons (Fsp3) is 0.684. The molecule has 0 radical (unpaired) electrons. The molecule has 1 unspecified atom stereocenters. The maximum Gasteiger partial charge on any atom is 0.116 e. The highest BCUT2D eigenvalue weighted by atomic mass is 16.5. The van der Waals surface area contributed by atoms with E-state index in [1.165, 1.54) is 32.4 Å². The zero-order chi connectivity index (χ0) is 15.0. The summed E-state index contributed by atoms with van der Waals surface area (Å²) in [6.45, 7) is 3.98. The number of rotatable bonds is 5. The van der Waals surface area contributed by atoms with E-state index in [0.29, 0.717) is 24.5 Å². The number of piperidine rings is 3. The number of fused-ring (bicyclic) bond motifs is 3. The summed E-state index contributed by atoms with van der Waals surface area (Å²) in [6, 6.07) is 10.2. The van der Waals surface area contributed by atoms with Crippen LogP contribution in [0.5, 0.6) is 0 Å². The summed E-state index contributed by atoms with van der Waals surface area (Å²) >= 11 is 0. The largest absolute Gasteiger partial charge is 0.382 e. The molecule has 1 N–H and O–H groups in total. The smallest absolute Gasteiger partial charge is 0.116 e. The van der Waals surface area contributed by atoms with Gasteiger partial charge >= 0.3 is 0 Å². The molecule has 1 aromatic rings. The Labute approximate surface area is 133 Å². The maximum absolute atomic E-state index is 11.4. The molecule has 120 valence electrons. The minimum absolute atomic E-state index is 0.317. The lowest BCUT2D eigenvalue weighted by atomic mass is 9.70. The van der Waals surface area contributed by atoms with Crippen LogP contribution in [0.3, 0.4) is 0 Å². The minimum Gasteiger partial charge on any atom is -0.382 e. The second kappa shape index (κ2) is 5.95.